The third-order valence-electron chi connectivity index (χ3n) is 5.23. The summed E-state index contributed by atoms with van der Waals surface area (Å²) in [6, 6.07) is 4.26. The Bertz CT molecular complexity index is 490. The van der Waals surface area contributed by atoms with Gasteiger partial charge in [0, 0.05) is 24.2 Å². The summed E-state index contributed by atoms with van der Waals surface area (Å²) in [5, 5.41) is 0. The van der Waals surface area contributed by atoms with Gasteiger partial charge in [-0.1, -0.05) is 18.9 Å². The summed E-state index contributed by atoms with van der Waals surface area (Å²) in [7, 11) is 0. The molecule has 1 heterocycles. The molecule has 1 aromatic rings. The van der Waals surface area contributed by atoms with Crippen LogP contribution in [0.5, 0.6) is 0 Å². The third kappa shape index (κ3) is 2.97. The smallest absolute Gasteiger partial charge is 0.130 e. The predicted octanol–water partition coefficient (Wildman–Crippen LogP) is 3.62. The fraction of sp³-hybridized carbons (Fsp3) is 0.647. The first kappa shape index (κ1) is 14.9. The Balaban J connectivity index is 1.87. The molecule has 0 bridgehead atoms. The molecular weight excluding hydrogens is 270 g/mol. The van der Waals surface area contributed by atoms with Crippen molar-refractivity contribution in [2.24, 2.45) is 11.7 Å². The number of nitrogens with two attached hydrogens (primary N) is 1. The summed E-state index contributed by atoms with van der Waals surface area (Å²) in [6.45, 7) is 1.35. The Morgan fingerprint density at radius 2 is 1.90 bits per heavy atom. The van der Waals surface area contributed by atoms with E-state index >= 15 is 0 Å². The van der Waals surface area contributed by atoms with Crippen LogP contribution in [0.3, 0.4) is 0 Å². The first-order valence-corrected chi connectivity index (χ1v) is 8.11. The van der Waals surface area contributed by atoms with Gasteiger partial charge in [-0.25, -0.2) is 8.78 Å². The lowest BCUT2D eigenvalue weighted by molar-refractivity contribution is 0.0265. The van der Waals surface area contributed by atoms with Crippen molar-refractivity contribution in [3.63, 3.8) is 0 Å². The average Bonchev–Trinajstić information content (AvgIpc) is 2.50. The minimum atomic E-state index is -0.527. The maximum Gasteiger partial charge on any atom is 0.130 e. The summed E-state index contributed by atoms with van der Waals surface area (Å²) in [5.41, 5.74) is 6.51. The van der Waals surface area contributed by atoms with E-state index in [2.05, 4.69) is 4.90 Å². The lowest BCUT2D eigenvalue weighted by Gasteiger charge is -2.47. The summed E-state index contributed by atoms with van der Waals surface area (Å²) < 4.78 is 27.3. The molecule has 0 amide bonds. The van der Waals surface area contributed by atoms with Crippen molar-refractivity contribution < 1.29 is 8.78 Å². The average molecular weight is 294 g/mol. The van der Waals surface area contributed by atoms with Gasteiger partial charge in [-0.3, -0.25) is 4.90 Å². The molecule has 2 N–H and O–H groups in total. The van der Waals surface area contributed by atoms with Crippen LogP contribution >= 0.6 is 0 Å². The van der Waals surface area contributed by atoms with Crippen molar-refractivity contribution in [3.05, 3.63) is 35.4 Å². The van der Waals surface area contributed by atoms with E-state index in [-0.39, 0.29) is 6.04 Å². The first-order chi connectivity index (χ1) is 10.2. The zero-order chi connectivity index (χ0) is 14.8. The van der Waals surface area contributed by atoms with Gasteiger partial charge in [0.15, 0.2) is 0 Å². The minimum absolute atomic E-state index is 0.128. The highest BCUT2D eigenvalue weighted by atomic mass is 19.1. The normalized spacial score (nSPS) is 28.1. The van der Waals surface area contributed by atoms with E-state index in [1.807, 2.05) is 0 Å². The molecule has 0 aromatic heterocycles. The predicted molar refractivity (Wildman–Crippen MR) is 79.8 cm³/mol. The van der Waals surface area contributed by atoms with Crippen molar-refractivity contribution in [3.8, 4) is 0 Å². The molecule has 3 rings (SSSR count). The summed E-state index contributed by atoms with van der Waals surface area (Å²) in [4.78, 5) is 2.39. The Kier molecular flexibility index (Phi) is 4.55. The lowest BCUT2D eigenvalue weighted by Crippen LogP contribution is -2.50. The quantitative estimate of drug-likeness (QED) is 0.922. The number of hydrogen-bond donors (Lipinski definition) is 1. The fourth-order valence-electron chi connectivity index (χ4n) is 4.26. The molecule has 21 heavy (non-hydrogen) atoms. The Hall–Kier alpha value is -1.00. The number of likely N-dealkylation sites (tertiary alicyclic amines) is 1. The van der Waals surface area contributed by atoms with Crippen molar-refractivity contribution in [1.29, 1.82) is 0 Å². The van der Waals surface area contributed by atoms with Gasteiger partial charge in [0.25, 0.3) is 0 Å². The highest BCUT2D eigenvalue weighted by molar-refractivity contribution is 5.23. The molecule has 2 nitrogen and oxygen atoms in total. The molecule has 1 saturated heterocycles. The summed E-state index contributed by atoms with van der Waals surface area (Å²) >= 11 is 0. The number of piperidine rings is 1. The Morgan fingerprint density at radius 1 is 1.14 bits per heavy atom. The van der Waals surface area contributed by atoms with Gasteiger partial charge in [-0.05, 0) is 44.2 Å². The molecule has 116 valence electrons. The van der Waals surface area contributed by atoms with Crippen molar-refractivity contribution in [2.75, 3.05) is 13.1 Å². The van der Waals surface area contributed by atoms with Crippen LogP contribution in [0.2, 0.25) is 0 Å². The van der Waals surface area contributed by atoms with Gasteiger partial charge in [-0.15, -0.1) is 0 Å². The SMILES string of the molecule is NCC(c1ccc(F)cc1F)N1CCCC2CCCCC21. The number of rotatable bonds is 3. The number of halogens is 2. The second kappa shape index (κ2) is 6.41. The molecule has 2 fully saturated rings. The van der Waals surface area contributed by atoms with Crippen LogP contribution in [0.25, 0.3) is 0 Å². The van der Waals surface area contributed by atoms with E-state index in [1.54, 1.807) is 6.07 Å². The van der Waals surface area contributed by atoms with Crippen LogP contribution in [-0.4, -0.2) is 24.0 Å². The molecule has 3 unspecified atom stereocenters. The van der Waals surface area contributed by atoms with Crippen LogP contribution in [-0.2, 0) is 0 Å². The van der Waals surface area contributed by atoms with E-state index in [4.69, 9.17) is 5.73 Å². The number of fused-ring (bicyclic) bond motifs is 1. The van der Waals surface area contributed by atoms with E-state index in [0.717, 1.165) is 24.9 Å². The minimum Gasteiger partial charge on any atom is -0.329 e. The highest BCUT2D eigenvalue weighted by Crippen LogP contribution is 2.39. The molecule has 4 heteroatoms. The second-order valence-electron chi connectivity index (χ2n) is 6.41. The van der Waals surface area contributed by atoms with E-state index in [0.29, 0.717) is 18.2 Å². The van der Waals surface area contributed by atoms with Crippen LogP contribution in [0.15, 0.2) is 18.2 Å². The van der Waals surface area contributed by atoms with E-state index in [1.165, 1.54) is 38.2 Å². The van der Waals surface area contributed by atoms with Crippen LogP contribution in [0.1, 0.15) is 50.1 Å². The molecule has 1 aromatic carbocycles. The molecule has 2 aliphatic rings. The zero-order valence-corrected chi connectivity index (χ0v) is 12.4. The van der Waals surface area contributed by atoms with Gasteiger partial charge in [0.1, 0.15) is 11.6 Å². The largest absolute Gasteiger partial charge is 0.329 e. The third-order valence-corrected chi connectivity index (χ3v) is 5.23. The Morgan fingerprint density at radius 3 is 2.67 bits per heavy atom. The maximum absolute atomic E-state index is 14.1. The molecule has 0 radical (unpaired) electrons. The van der Waals surface area contributed by atoms with Crippen LogP contribution in [0.4, 0.5) is 8.78 Å². The molecule has 1 saturated carbocycles. The Labute approximate surface area is 125 Å². The van der Waals surface area contributed by atoms with Gasteiger partial charge in [0.05, 0.1) is 6.04 Å². The van der Waals surface area contributed by atoms with E-state index in [9.17, 15) is 8.78 Å². The first-order valence-electron chi connectivity index (χ1n) is 8.11. The van der Waals surface area contributed by atoms with Crippen molar-refractivity contribution in [2.45, 2.75) is 50.6 Å². The molecular formula is C17H24F2N2. The standard InChI is InChI=1S/C17H24F2N2/c18-13-7-8-14(15(19)10-13)17(11-20)21-9-3-5-12-4-1-2-6-16(12)21/h7-8,10,12,16-17H,1-6,9,11,20H2. The van der Waals surface area contributed by atoms with Gasteiger partial charge in [-0.2, -0.15) is 0 Å². The highest BCUT2D eigenvalue weighted by Gasteiger charge is 2.37. The van der Waals surface area contributed by atoms with Crippen molar-refractivity contribution >= 4 is 0 Å². The zero-order valence-electron chi connectivity index (χ0n) is 12.4. The number of hydrogen-bond acceptors (Lipinski definition) is 2. The van der Waals surface area contributed by atoms with Crippen molar-refractivity contribution in [1.82, 2.24) is 4.90 Å². The summed E-state index contributed by atoms with van der Waals surface area (Å²) in [5.74, 6) is -0.269. The van der Waals surface area contributed by atoms with Gasteiger partial charge < -0.3 is 5.73 Å². The summed E-state index contributed by atoms with van der Waals surface area (Å²) in [6.07, 6.45) is 7.47. The number of benzene rings is 1. The molecule has 3 atom stereocenters. The fourth-order valence-corrected chi connectivity index (χ4v) is 4.26. The monoisotopic (exact) mass is 294 g/mol. The lowest BCUT2D eigenvalue weighted by atomic mass is 9.77. The molecule has 0 spiro atoms. The van der Waals surface area contributed by atoms with Gasteiger partial charge >= 0.3 is 0 Å². The topological polar surface area (TPSA) is 29.3 Å². The van der Waals surface area contributed by atoms with Gasteiger partial charge in [0.2, 0.25) is 0 Å². The molecule has 1 aliphatic carbocycles. The maximum atomic E-state index is 14.1. The number of nitrogens with zero attached hydrogens (tertiary/aromatic N) is 1. The second-order valence-corrected chi connectivity index (χ2v) is 6.41. The van der Waals surface area contributed by atoms with E-state index < -0.39 is 11.6 Å². The van der Waals surface area contributed by atoms with Crippen LogP contribution < -0.4 is 5.73 Å². The van der Waals surface area contributed by atoms with Crippen LogP contribution in [0, 0.1) is 17.6 Å². The molecule has 1 aliphatic heterocycles.